The molecule has 3 rings (SSSR count). The standard InChI is InChI=1S/C20H29N5S2/c1-3-18-14-22-19(27-18)15-24-20(21-4-2)23-13-16-5-7-17(8-6-16)25-9-11-26-12-10-25/h5-8,14H,3-4,9-13,15H2,1-2H3,(H2,21,23,24). The predicted molar refractivity (Wildman–Crippen MR) is 119 cm³/mol. The van der Waals surface area contributed by atoms with E-state index in [0.717, 1.165) is 37.0 Å². The van der Waals surface area contributed by atoms with Crippen LogP contribution in [0.3, 0.4) is 0 Å². The van der Waals surface area contributed by atoms with Crippen LogP contribution >= 0.6 is 23.1 Å². The Labute approximate surface area is 170 Å². The summed E-state index contributed by atoms with van der Waals surface area (Å²) in [5.41, 5.74) is 2.55. The van der Waals surface area contributed by atoms with Crippen molar-refractivity contribution in [2.45, 2.75) is 33.4 Å². The molecule has 2 aromatic rings. The zero-order chi connectivity index (χ0) is 18.9. The summed E-state index contributed by atoms with van der Waals surface area (Å²) >= 11 is 3.80. The number of nitrogens with one attached hydrogen (secondary N) is 2. The molecule has 0 saturated carbocycles. The summed E-state index contributed by atoms with van der Waals surface area (Å²) < 4.78 is 0. The van der Waals surface area contributed by atoms with Gasteiger partial charge in [-0.3, -0.25) is 0 Å². The van der Waals surface area contributed by atoms with E-state index in [-0.39, 0.29) is 0 Å². The van der Waals surface area contributed by atoms with Crippen molar-refractivity contribution >= 4 is 34.7 Å². The molecule has 1 fully saturated rings. The Kier molecular flexibility index (Phi) is 7.83. The minimum Gasteiger partial charge on any atom is -0.370 e. The lowest BCUT2D eigenvalue weighted by atomic mass is 10.2. The first-order chi connectivity index (χ1) is 13.3. The molecule has 1 saturated heterocycles. The van der Waals surface area contributed by atoms with Crippen molar-refractivity contribution in [3.8, 4) is 0 Å². The lowest BCUT2D eigenvalue weighted by Crippen LogP contribution is -2.36. The SMILES string of the molecule is CCNC(=NCc1ccc(N2CCSCC2)cc1)NCc1ncc(CC)s1. The second-order valence-electron chi connectivity index (χ2n) is 6.39. The molecule has 0 atom stereocenters. The summed E-state index contributed by atoms with van der Waals surface area (Å²) in [5, 5.41) is 7.79. The van der Waals surface area contributed by atoms with E-state index in [1.165, 1.54) is 27.6 Å². The Morgan fingerprint density at radius 3 is 2.59 bits per heavy atom. The molecule has 0 unspecified atom stereocenters. The van der Waals surface area contributed by atoms with Crippen LogP contribution in [0.25, 0.3) is 0 Å². The van der Waals surface area contributed by atoms with Crippen molar-refractivity contribution in [3.05, 3.63) is 45.9 Å². The Morgan fingerprint density at radius 2 is 1.93 bits per heavy atom. The van der Waals surface area contributed by atoms with Gasteiger partial charge in [-0.1, -0.05) is 19.1 Å². The number of hydrogen-bond acceptors (Lipinski definition) is 5. The first kappa shape index (κ1) is 20.0. The lowest BCUT2D eigenvalue weighted by molar-refractivity contribution is 0.811. The van der Waals surface area contributed by atoms with Gasteiger partial charge >= 0.3 is 0 Å². The third-order valence-corrected chi connectivity index (χ3v) is 6.52. The Balaban J connectivity index is 1.55. The van der Waals surface area contributed by atoms with Crippen molar-refractivity contribution in [1.29, 1.82) is 0 Å². The van der Waals surface area contributed by atoms with Crippen molar-refractivity contribution < 1.29 is 0 Å². The van der Waals surface area contributed by atoms with Crippen LogP contribution in [0.15, 0.2) is 35.5 Å². The molecule has 0 amide bonds. The maximum atomic E-state index is 4.72. The molecule has 0 aliphatic carbocycles. The third-order valence-electron chi connectivity index (χ3n) is 4.43. The van der Waals surface area contributed by atoms with Crippen LogP contribution in [0.1, 0.15) is 29.3 Å². The number of thioether (sulfide) groups is 1. The van der Waals surface area contributed by atoms with E-state index >= 15 is 0 Å². The minimum atomic E-state index is 0.670. The van der Waals surface area contributed by atoms with Gasteiger partial charge in [-0.05, 0) is 31.0 Å². The molecule has 0 bridgehead atoms. The predicted octanol–water partition coefficient (Wildman–Crippen LogP) is 3.51. The van der Waals surface area contributed by atoms with Crippen LogP contribution in [0.5, 0.6) is 0 Å². The van der Waals surface area contributed by atoms with Crippen molar-refractivity contribution in [3.63, 3.8) is 0 Å². The van der Waals surface area contributed by atoms with Crippen LogP contribution < -0.4 is 15.5 Å². The Bertz CT molecular complexity index is 720. The van der Waals surface area contributed by atoms with E-state index < -0.39 is 0 Å². The molecule has 1 aliphatic heterocycles. The molecule has 2 heterocycles. The van der Waals surface area contributed by atoms with Gasteiger partial charge < -0.3 is 15.5 Å². The van der Waals surface area contributed by atoms with E-state index in [4.69, 9.17) is 4.99 Å². The van der Waals surface area contributed by atoms with E-state index in [0.29, 0.717) is 13.1 Å². The summed E-state index contributed by atoms with van der Waals surface area (Å²) in [6.45, 7) is 8.76. The average molecular weight is 404 g/mol. The average Bonchev–Trinajstić information content (AvgIpc) is 3.19. The van der Waals surface area contributed by atoms with Crippen molar-refractivity contribution in [1.82, 2.24) is 15.6 Å². The van der Waals surface area contributed by atoms with Crippen molar-refractivity contribution in [2.24, 2.45) is 4.99 Å². The molecule has 1 aliphatic rings. The number of guanidine groups is 1. The van der Waals surface area contributed by atoms with E-state index in [2.05, 4.69) is 58.6 Å². The maximum Gasteiger partial charge on any atom is 0.191 e. The number of aryl methyl sites for hydroxylation is 1. The molecular weight excluding hydrogens is 374 g/mol. The molecule has 0 radical (unpaired) electrons. The molecule has 2 N–H and O–H groups in total. The van der Waals surface area contributed by atoms with Crippen LogP contribution in [0.2, 0.25) is 0 Å². The van der Waals surface area contributed by atoms with E-state index in [9.17, 15) is 0 Å². The van der Waals surface area contributed by atoms with Crippen LogP contribution in [0.4, 0.5) is 5.69 Å². The topological polar surface area (TPSA) is 52.6 Å². The smallest absolute Gasteiger partial charge is 0.191 e. The molecule has 27 heavy (non-hydrogen) atoms. The highest BCUT2D eigenvalue weighted by Crippen LogP contribution is 2.20. The largest absolute Gasteiger partial charge is 0.370 e. The second kappa shape index (κ2) is 10.6. The minimum absolute atomic E-state index is 0.670. The van der Waals surface area contributed by atoms with Gasteiger partial charge in [0.2, 0.25) is 0 Å². The van der Waals surface area contributed by atoms with Gasteiger partial charge in [0.1, 0.15) is 5.01 Å². The summed E-state index contributed by atoms with van der Waals surface area (Å²) in [7, 11) is 0. The molecular formula is C20H29N5S2. The number of anilines is 1. The highest BCUT2D eigenvalue weighted by atomic mass is 32.2. The van der Waals surface area contributed by atoms with E-state index in [1.807, 2.05) is 18.0 Å². The van der Waals surface area contributed by atoms with E-state index in [1.54, 1.807) is 11.3 Å². The molecule has 1 aromatic carbocycles. The fourth-order valence-electron chi connectivity index (χ4n) is 2.90. The molecule has 5 nitrogen and oxygen atoms in total. The third kappa shape index (κ3) is 6.14. The molecule has 0 spiro atoms. The fraction of sp³-hybridized carbons (Fsp3) is 0.500. The van der Waals surface area contributed by atoms with Crippen LogP contribution in [-0.4, -0.2) is 42.1 Å². The second-order valence-corrected chi connectivity index (χ2v) is 8.81. The summed E-state index contributed by atoms with van der Waals surface area (Å²) in [6, 6.07) is 8.84. The van der Waals surface area contributed by atoms with Crippen LogP contribution in [0, 0.1) is 0 Å². The highest BCUT2D eigenvalue weighted by Gasteiger charge is 2.10. The van der Waals surface area contributed by atoms with Gasteiger partial charge in [0.05, 0.1) is 13.1 Å². The molecule has 1 aromatic heterocycles. The zero-order valence-corrected chi connectivity index (χ0v) is 17.8. The molecule has 146 valence electrons. The first-order valence-corrected chi connectivity index (χ1v) is 11.6. The lowest BCUT2D eigenvalue weighted by Gasteiger charge is -2.28. The van der Waals surface area contributed by atoms with Gasteiger partial charge in [0.25, 0.3) is 0 Å². The maximum absolute atomic E-state index is 4.72. The van der Waals surface area contributed by atoms with Gasteiger partial charge in [0, 0.05) is 47.9 Å². The summed E-state index contributed by atoms with van der Waals surface area (Å²) in [5.74, 6) is 3.29. The quantitative estimate of drug-likeness (QED) is 0.547. The number of hydrogen-bond donors (Lipinski definition) is 2. The van der Waals surface area contributed by atoms with Gasteiger partial charge in [-0.2, -0.15) is 11.8 Å². The van der Waals surface area contributed by atoms with Crippen LogP contribution in [-0.2, 0) is 19.5 Å². The fourth-order valence-corrected chi connectivity index (χ4v) is 4.60. The zero-order valence-electron chi connectivity index (χ0n) is 16.2. The first-order valence-electron chi connectivity index (χ1n) is 9.66. The van der Waals surface area contributed by atoms with Gasteiger partial charge in [0.15, 0.2) is 5.96 Å². The van der Waals surface area contributed by atoms with Crippen molar-refractivity contribution in [2.75, 3.05) is 36.0 Å². The summed E-state index contributed by atoms with van der Waals surface area (Å²) in [4.78, 5) is 13.0. The normalized spacial score (nSPS) is 15.0. The Hall–Kier alpha value is -1.73. The number of aromatic nitrogens is 1. The van der Waals surface area contributed by atoms with Gasteiger partial charge in [-0.25, -0.2) is 9.98 Å². The monoisotopic (exact) mass is 403 g/mol. The molecule has 7 heteroatoms. The summed E-state index contributed by atoms with van der Waals surface area (Å²) in [6.07, 6.45) is 3.01. The number of benzene rings is 1. The highest BCUT2D eigenvalue weighted by molar-refractivity contribution is 7.99. The Morgan fingerprint density at radius 1 is 1.15 bits per heavy atom. The van der Waals surface area contributed by atoms with Gasteiger partial charge in [-0.15, -0.1) is 11.3 Å². The number of nitrogens with zero attached hydrogens (tertiary/aromatic N) is 3. The number of rotatable bonds is 7. The number of aliphatic imine (C=N–C) groups is 1. The number of thiazole rings is 1.